The number of carboxylic acid groups (broad SMARTS) is 1. The largest absolute Gasteiger partial charge is 0.481 e. The van der Waals surface area contributed by atoms with Gasteiger partial charge in [-0.05, 0) is 6.08 Å². The monoisotopic (exact) mass is 325 g/mol. The van der Waals surface area contributed by atoms with E-state index >= 15 is 0 Å². The van der Waals surface area contributed by atoms with E-state index in [1.807, 2.05) is 0 Å². The predicted octanol–water partition coefficient (Wildman–Crippen LogP) is -0.0647. The number of amides is 1. The van der Waals surface area contributed by atoms with Crippen molar-refractivity contribution in [3.8, 4) is 0 Å². The number of carboxylic acids is 1. The number of hydrogen-bond donors (Lipinski definition) is 3. The van der Waals surface area contributed by atoms with Crippen molar-refractivity contribution in [3.63, 3.8) is 0 Å². The van der Waals surface area contributed by atoms with Crippen LogP contribution in [0.5, 0.6) is 0 Å². The first kappa shape index (κ1) is 15.1. The number of aromatic nitrogens is 2. The van der Waals surface area contributed by atoms with E-state index in [1.165, 1.54) is 28.9 Å². The van der Waals surface area contributed by atoms with Crippen LogP contribution < -0.4 is 20.1 Å². The summed E-state index contributed by atoms with van der Waals surface area (Å²) in [6, 6.07) is 0. The van der Waals surface area contributed by atoms with Gasteiger partial charge in [0.25, 0.3) is 5.56 Å². The third-order valence-corrected chi connectivity index (χ3v) is 4.05. The highest BCUT2D eigenvalue weighted by Crippen LogP contribution is 2.18. The Morgan fingerprint density at radius 3 is 2.81 bits per heavy atom. The van der Waals surface area contributed by atoms with Crippen molar-refractivity contribution >= 4 is 52.3 Å². The highest BCUT2D eigenvalue weighted by atomic mass is 32.1. The molecule has 2 rings (SSSR count). The van der Waals surface area contributed by atoms with E-state index in [0.29, 0.717) is 19.2 Å². The Balaban J connectivity index is 2.08. The lowest BCUT2D eigenvalue weighted by atomic mass is 10.3. The van der Waals surface area contributed by atoms with E-state index in [-0.39, 0.29) is 18.4 Å². The number of aromatic amines is 1. The van der Waals surface area contributed by atoms with Gasteiger partial charge in [-0.15, -0.1) is 11.3 Å². The molecule has 7 nitrogen and oxygen atoms in total. The molecule has 0 saturated heterocycles. The fourth-order valence-electron chi connectivity index (χ4n) is 1.43. The molecule has 0 atom stereocenters. The van der Waals surface area contributed by atoms with Crippen LogP contribution in [0.4, 0.5) is 5.13 Å². The van der Waals surface area contributed by atoms with Crippen LogP contribution in [0.2, 0.25) is 0 Å². The Morgan fingerprint density at radius 1 is 1.43 bits per heavy atom. The van der Waals surface area contributed by atoms with Crippen molar-refractivity contribution in [3.05, 3.63) is 30.6 Å². The number of aliphatic carboxylic acids is 1. The van der Waals surface area contributed by atoms with Gasteiger partial charge in [0, 0.05) is 12.6 Å². The molecular weight excluding hydrogens is 314 g/mol. The zero-order valence-electron chi connectivity index (χ0n) is 10.7. The molecule has 2 aromatic heterocycles. The summed E-state index contributed by atoms with van der Waals surface area (Å²) in [5.74, 6) is -1.44. The lowest BCUT2D eigenvalue weighted by Gasteiger charge is -1.98. The van der Waals surface area contributed by atoms with Gasteiger partial charge in [-0.2, -0.15) is 0 Å². The molecule has 1 amide bonds. The van der Waals surface area contributed by atoms with Crippen LogP contribution in [-0.4, -0.2) is 27.0 Å². The zero-order valence-corrected chi connectivity index (χ0v) is 12.3. The molecule has 0 unspecified atom stereocenters. The number of hydrogen-bond acceptors (Lipinski definition) is 6. The summed E-state index contributed by atoms with van der Waals surface area (Å²) in [5.41, 5.74) is -0.217. The number of carbonyl (C=O) groups is 2. The lowest BCUT2D eigenvalue weighted by molar-refractivity contribution is -0.138. The molecule has 3 N–H and O–H groups in total. The fourth-order valence-corrected chi connectivity index (χ4v) is 3.02. The first-order chi connectivity index (χ1) is 9.94. The third kappa shape index (κ3) is 4.36. The molecule has 0 aliphatic carbocycles. The van der Waals surface area contributed by atoms with Gasteiger partial charge in [0.1, 0.15) is 0 Å². The maximum atomic E-state index is 11.5. The van der Waals surface area contributed by atoms with Crippen molar-refractivity contribution in [2.45, 2.75) is 12.8 Å². The molecule has 21 heavy (non-hydrogen) atoms. The summed E-state index contributed by atoms with van der Waals surface area (Å²) >= 11 is 2.43. The van der Waals surface area contributed by atoms with Gasteiger partial charge in [0.15, 0.2) is 5.13 Å². The summed E-state index contributed by atoms with van der Waals surface area (Å²) in [4.78, 5) is 40.6. The summed E-state index contributed by atoms with van der Waals surface area (Å²) in [6.07, 6.45) is 2.85. The predicted molar refractivity (Wildman–Crippen MR) is 80.9 cm³/mol. The van der Waals surface area contributed by atoms with Crippen LogP contribution in [-0.2, 0) is 9.59 Å². The minimum atomic E-state index is -1.03. The Hall–Kier alpha value is -2.26. The van der Waals surface area contributed by atoms with Gasteiger partial charge in [-0.1, -0.05) is 17.9 Å². The van der Waals surface area contributed by atoms with Crippen LogP contribution in [0.3, 0.4) is 0 Å². The average molecular weight is 325 g/mol. The SMILES string of the molecule is C=c1[nH]c(=O)/c(=C/c2cnc(NC(=O)CCC(=O)O)s2)s1. The molecule has 0 fully saturated rings. The van der Waals surface area contributed by atoms with Crippen molar-refractivity contribution < 1.29 is 14.7 Å². The van der Waals surface area contributed by atoms with E-state index < -0.39 is 11.9 Å². The van der Waals surface area contributed by atoms with Gasteiger partial charge < -0.3 is 15.4 Å². The number of nitrogens with one attached hydrogen (secondary N) is 2. The fraction of sp³-hybridized carbons (Fsp3) is 0.167. The van der Waals surface area contributed by atoms with Crippen LogP contribution in [0, 0.1) is 0 Å². The second kappa shape index (κ2) is 6.46. The quantitative estimate of drug-likeness (QED) is 0.713. The topological polar surface area (TPSA) is 112 Å². The Morgan fingerprint density at radius 2 is 2.19 bits per heavy atom. The number of nitrogens with zero attached hydrogens (tertiary/aromatic N) is 1. The summed E-state index contributed by atoms with van der Waals surface area (Å²) in [7, 11) is 0. The van der Waals surface area contributed by atoms with Gasteiger partial charge in [0.05, 0.1) is 20.5 Å². The molecular formula is C12H11N3O4S2. The molecule has 2 heterocycles. The molecule has 0 aromatic carbocycles. The molecule has 0 radical (unpaired) electrons. The molecule has 0 spiro atoms. The smallest absolute Gasteiger partial charge is 0.303 e. The van der Waals surface area contributed by atoms with Crippen molar-refractivity contribution in [1.29, 1.82) is 0 Å². The molecule has 0 bridgehead atoms. The minimum Gasteiger partial charge on any atom is -0.481 e. The van der Waals surface area contributed by atoms with Crippen molar-refractivity contribution in [2.24, 2.45) is 0 Å². The van der Waals surface area contributed by atoms with Crippen LogP contribution in [0.25, 0.3) is 12.7 Å². The molecule has 2 aromatic rings. The number of H-pyrrole nitrogens is 1. The molecule has 0 aliphatic heterocycles. The van der Waals surface area contributed by atoms with E-state index in [1.54, 1.807) is 6.08 Å². The van der Waals surface area contributed by atoms with Crippen LogP contribution in [0.1, 0.15) is 17.7 Å². The molecule has 110 valence electrons. The third-order valence-electron chi connectivity index (χ3n) is 2.32. The van der Waals surface area contributed by atoms with Crippen molar-refractivity contribution in [2.75, 3.05) is 5.32 Å². The standard InChI is InChI=1S/C12H11N3O4S2/c1-6-14-11(19)8(20-6)4-7-5-13-12(21-7)15-9(16)2-3-10(17)18/h4-5H,1-3H2,(H,14,19)(H,17,18)(H,13,15,16)/b8-4-. The van der Waals surface area contributed by atoms with E-state index in [4.69, 9.17) is 5.11 Å². The second-order valence-electron chi connectivity index (χ2n) is 4.00. The van der Waals surface area contributed by atoms with Crippen LogP contribution >= 0.6 is 22.7 Å². The minimum absolute atomic E-state index is 0.108. The highest BCUT2D eigenvalue weighted by Gasteiger charge is 2.08. The molecule has 0 aliphatic rings. The van der Waals surface area contributed by atoms with E-state index in [9.17, 15) is 14.4 Å². The average Bonchev–Trinajstić information content (AvgIpc) is 2.95. The maximum absolute atomic E-state index is 11.5. The van der Waals surface area contributed by atoms with Gasteiger partial charge in [-0.25, -0.2) is 4.98 Å². The Labute approximate surface area is 126 Å². The number of carbonyl (C=O) groups excluding carboxylic acids is 1. The van der Waals surface area contributed by atoms with Gasteiger partial charge in [-0.3, -0.25) is 14.4 Å². The second-order valence-corrected chi connectivity index (χ2v) is 6.20. The lowest BCUT2D eigenvalue weighted by Crippen LogP contribution is -2.19. The number of anilines is 1. The Bertz CT molecular complexity index is 833. The summed E-state index contributed by atoms with van der Waals surface area (Å²) < 4.78 is 1.07. The van der Waals surface area contributed by atoms with E-state index in [2.05, 4.69) is 21.9 Å². The number of thiazole rings is 2. The Kier molecular flexibility index (Phi) is 4.66. The zero-order chi connectivity index (χ0) is 15.4. The first-order valence-electron chi connectivity index (χ1n) is 5.81. The molecule has 9 heteroatoms. The summed E-state index contributed by atoms with van der Waals surface area (Å²) in [6.45, 7) is 3.65. The normalized spacial score (nSPS) is 11.5. The molecule has 0 saturated carbocycles. The van der Waals surface area contributed by atoms with E-state index in [0.717, 1.165) is 0 Å². The first-order valence-corrected chi connectivity index (χ1v) is 7.44. The maximum Gasteiger partial charge on any atom is 0.303 e. The van der Waals surface area contributed by atoms with Gasteiger partial charge in [0.2, 0.25) is 5.91 Å². The highest BCUT2D eigenvalue weighted by molar-refractivity contribution is 7.16. The summed E-state index contributed by atoms with van der Waals surface area (Å²) in [5, 5.41) is 11.4. The number of rotatable bonds is 5. The van der Waals surface area contributed by atoms with Gasteiger partial charge >= 0.3 is 5.97 Å². The van der Waals surface area contributed by atoms with Crippen LogP contribution in [0.15, 0.2) is 11.0 Å². The van der Waals surface area contributed by atoms with Crippen molar-refractivity contribution in [1.82, 2.24) is 9.97 Å².